The molecule has 6 heteroatoms. The number of rotatable bonds is 5. The molecule has 0 amide bonds. The Morgan fingerprint density at radius 1 is 1.00 bits per heavy atom. The number of aromatic nitrogens is 4. The fourth-order valence-electron chi connectivity index (χ4n) is 2.50. The molecule has 0 aliphatic heterocycles. The summed E-state index contributed by atoms with van der Waals surface area (Å²) in [6.45, 7) is 7.17. The van der Waals surface area contributed by atoms with Gasteiger partial charge in [0.2, 0.25) is 5.95 Å². The van der Waals surface area contributed by atoms with E-state index >= 15 is 0 Å². The van der Waals surface area contributed by atoms with Crippen LogP contribution < -0.4 is 10.6 Å². The average molecular weight is 334 g/mol. The van der Waals surface area contributed by atoms with Crippen molar-refractivity contribution >= 4 is 17.5 Å². The average Bonchev–Trinajstić information content (AvgIpc) is 2.61. The molecule has 0 atom stereocenters. The zero-order valence-corrected chi connectivity index (χ0v) is 14.7. The smallest absolute Gasteiger partial charge is 0.249 e. The third-order valence-electron chi connectivity index (χ3n) is 3.74. The molecule has 0 radical (unpaired) electrons. The normalized spacial score (nSPS) is 11.2. The molecular formula is C19H22N6. The van der Waals surface area contributed by atoms with Crippen LogP contribution in [0.25, 0.3) is 0 Å². The molecule has 0 fully saturated rings. The lowest BCUT2D eigenvalue weighted by Gasteiger charge is -2.22. The van der Waals surface area contributed by atoms with Gasteiger partial charge >= 0.3 is 0 Å². The number of benzene rings is 1. The number of hydrogen-bond donors (Lipinski definition) is 2. The van der Waals surface area contributed by atoms with E-state index in [-0.39, 0.29) is 5.41 Å². The van der Waals surface area contributed by atoms with Crippen LogP contribution >= 0.6 is 0 Å². The Bertz CT molecular complexity index is 827. The second-order valence-electron chi connectivity index (χ2n) is 6.80. The second kappa shape index (κ2) is 7.25. The minimum absolute atomic E-state index is 0.0210. The van der Waals surface area contributed by atoms with E-state index in [1.165, 1.54) is 5.56 Å². The van der Waals surface area contributed by atoms with Crippen LogP contribution in [-0.2, 0) is 12.0 Å². The number of nitrogens with zero attached hydrogens (tertiary/aromatic N) is 4. The lowest BCUT2D eigenvalue weighted by molar-refractivity contribution is 0.592. The fraction of sp³-hybridized carbons (Fsp3) is 0.263. The van der Waals surface area contributed by atoms with Crippen molar-refractivity contribution < 1.29 is 0 Å². The van der Waals surface area contributed by atoms with Crippen LogP contribution in [0, 0.1) is 0 Å². The maximum absolute atomic E-state index is 4.49. The molecule has 0 spiro atoms. The van der Waals surface area contributed by atoms with Gasteiger partial charge < -0.3 is 10.6 Å². The standard InChI is InChI=1S/C19H22N6/c1-19(2,3)15-8-4-5-9-16(15)23-18-24-17(13-22-25-18)21-12-14-7-6-10-20-11-14/h4-11,13H,12H2,1-3H3,(H2,21,23,24,25). The summed E-state index contributed by atoms with van der Waals surface area (Å²) in [5.41, 5.74) is 3.29. The highest BCUT2D eigenvalue weighted by Gasteiger charge is 2.18. The molecule has 2 N–H and O–H groups in total. The Balaban J connectivity index is 1.74. The highest BCUT2D eigenvalue weighted by molar-refractivity contribution is 5.60. The van der Waals surface area contributed by atoms with E-state index < -0.39 is 0 Å². The van der Waals surface area contributed by atoms with Crippen molar-refractivity contribution in [3.05, 3.63) is 66.1 Å². The van der Waals surface area contributed by atoms with Gasteiger partial charge in [0.25, 0.3) is 0 Å². The van der Waals surface area contributed by atoms with Crippen molar-refractivity contribution in [2.45, 2.75) is 32.7 Å². The lowest BCUT2D eigenvalue weighted by atomic mass is 9.86. The molecule has 0 aliphatic rings. The summed E-state index contributed by atoms with van der Waals surface area (Å²) < 4.78 is 0. The lowest BCUT2D eigenvalue weighted by Crippen LogP contribution is -2.14. The quantitative estimate of drug-likeness (QED) is 0.736. The van der Waals surface area contributed by atoms with Gasteiger partial charge in [-0.1, -0.05) is 45.0 Å². The van der Waals surface area contributed by atoms with Crippen LogP contribution in [0.2, 0.25) is 0 Å². The molecule has 0 saturated heterocycles. The van der Waals surface area contributed by atoms with Gasteiger partial charge in [-0.25, -0.2) is 0 Å². The summed E-state index contributed by atoms with van der Waals surface area (Å²) in [7, 11) is 0. The van der Waals surface area contributed by atoms with Gasteiger partial charge in [-0.15, -0.1) is 5.10 Å². The van der Waals surface area contributed by atoms with E-state index in [0.717, 1.165) is 11.3 Å². The molecule has 1 aromatic carbocycles. The molecule has 0 aliphatic carbocycles. The van der Waals surface area contributed by atoms with Gasteiger partial charge in [-0.2, -0.15) is 10.1 Å². The molecule has 0 unspecified atom stereocenters. The fourth-order valence-corrected chi connectivity index (χ4v) is 2.50. The molecular weight excluding hydrogens is 312 g/mol. The molecule has 3 aromatic rings. The molecule has 0 saturated carbocycles. The van der Waals surface area contributed by atoms with Crippen molar-refractivity contribution in [1.29, 1.82) is 0 Å². The molecule has 6 nitrogen and oxygen atoms in total. The zero-order valence-electron chi connectivity index (χ0n) is 14.7. The van der Waals surface area contributed by atoms with Gasteiger partial charge in [-0.3, -0.25) is 4.98 Å². The largest absolute Gasteiger partial charge is 0.364 e. The third-order valence-corrected chi connectivity index (χ3v) is 3.74. The first-order valence-electron chi connectivity index (χ1n) is 8.21. The summed E-state index contributed by atoms with van der Waals surface area (Å²) in [5.74, 6) is 1.13. The Labute approximate surface area is 147 Å². The number of pyridine rings is 1. The van der Waals surface area contributed by atoms with E-state index in [2.05, 4.69) is 57.6 Å². The van der Waals surface area contributed by atoms with Crippen molar-refractivity contribution in [3.63, 3.8) is 0 Å². The third kappa shape index (κ3) is 4.50. The topological polar surface area (TPSA) is 75.6 Å². The molecule has 3 rings (SSSR count). The van der Waals surface area contributed by atoms with E-state index in [1.807, 2.05) is 36.5 Å². The zero-order chi connectivity index (χ0) is 17.7. The summed E-state index contributed by atoms with van der Waals surface area (Å²) in [4.78, 5) is 8.59. The first-order chi connectivity index (χ1) is 12.0. The summed E-state index contributed by atoms with van der Waals surface area (Å²) >= 11 is 0. The number of anilines is 3. The highest BCUT2D eigenvalue weighted by Crippen LogP contribution is 2.30. The van der Waals surface area contributed by atoms with Gasteiger partial charge in [0.1, 0.15) is 0 Å². The number of hydrogen-bond acceptors (Lipinski definition) is 6. The van der Waals surface area contributed by atoms with Gasteiger partial charge in [0, 0.05) is 24.6 Å². The van der Waals surface area contributed by atoms with Crippen LogP contribution in [-0.4, -0.2) is 20.2 Å². The Kier molecular flexibility index (Phi) is 4.88. The van der Waals surface area contributed by atoms with Crippen LogP contribution in [0.3, 0.4) is 0 Å². The monoisotopic (exact) mass is 334 g/mol. The van der Waals surface area contributed by atoms with Crippen molar-refractivity contribution in [1.82, 2.24) is 20.2 Å². The number of para-hydroxylation sites is 1. The van der Waals surface area contributed by atoms with Gasteiger partial charge in [0.15, 0.2) is 5.82 Å². The van der Waals surface area contributed by atoms with Crippen LogP contribution in [0.1, 0.15) is 31.9 Å². The minimum atomic E-state index is 0.0210. The van der Waals surface area contributed by atoms with Crippen molar-refractivity contribution in [2.75, 3.05) is 10.6 Å². The molecule has 25 heavy (non-hydrogen) atoms. The van der Waals surface area contributed by atoms with E-state index in [4.69, 9.17) is 0 Å². The van der Waals surface area contributed by atoms with Gasteiger partial charge in [-0.05, 0) is 28.7 Å². The van der Waals surface area contributed by atoms with E-state index in [1.54, 1.807) is 12.4 Å². The minimum Gasteiger partial charge on any atom is -0.364 e. The maximum Gasteiger partial charge on any atom is 0.249 e. The maximum atomic E-state index is 4.49. The van der Waals surface area contributed by atoms with Crippen LogP contribution in [0.5, 0.6) is 0 Å². The second-order valence-corrected chi connectivity index (χ2v) is 6.80. The van der Waals surface area contributed by atoms with Crippen molar-refractivity contribution in [2.24, 2.45) is 0 Å². The first-order valence-corrected chi connectivity index (χ1v) is 8.21. The highest BCUT2D eigenvalue weighted by atomic mass is 15.3. The predicted molar refractivity (Wildman–Crippen MR) is 99.8 cm³/mol. The Hall–Kier alpha value is -3.02. The first kappa shape index (κ1) is 16.8. The van der Waals surface area contributed by atoms with Gasteiger partial charge in [0.05, 0.1) is 6.20 Å². The Morgan fingerprint density at radius 2 is 1.84 bits per heavy atom. The van der Waals surface area contributed by atoms with Crippen LogP contribution in [0.15, 0.2) is 55.0 Å². The van der Waals surface area contributed by atoms with E-state index in [0.29, 0.717) is 18.3 Å². The summed E-state index contributed by atoms with van der Waals surface area (Å²) in [5, 5.41) is 14.6. The summed E-state index contributed by atoms with van der Waals surface area (Å²) in [6.07, 6.45) is 5.18. The molecule has 2 aromatic heterocycles. The predicted octanol–water partition coefficient (Wildman–Crippen LogP) is 3.92. The van der Waals surface area contributed by atoms with E-state index in [9.17, 15) is 0 Å². The molecule has 128 valence electrons. The number of nitrogens with one attached hydrogen (secondary N) is 2. The SMILES string of the molecule is CC(C)(C)c1ccccc1Nc1nncc(NCc2cccnc2)n1. The molecule has 0 bridgehead atoms. The Morgan fingerprint density at radius 3 is 2.60 bits per heavy atom. The van der Waals surface area contributed by atoms with Crippen LogP contribution in [0.4, 0.5) is 17.5 Å². The molecule has 2 heterocycles. The van der Waals surface area contributed by atoms with Crippen molar-refractivity contribution in [3.8, 4) is 0 Å². The summed E-state index contributed by atoms with van der Waals surface area (Å²) in [6, 6.07) is 12.1.